The van der Waals surface area contributed by atoms with Gasteiger partial charge in [-0.05, 0) is 31.0 Å². The van der Waals surface area contributed by atoms with E-state index in [1.54, 1.807) is 7.11 Å². The second-order valence-electron chi connectivity index (χ2n) is 5.46. The predicted molar refractivity (Wildman–Crippen MR) is 101 cm³/mol. The molecule has 0 aliphatic rings. The quantitative estimate of drug-likeness (QED) is 0.322. The lowest BCUT2D eigenvalue weighted by Crippen LogP contribution is -2.38. The molecule has 0 saturated carbocycles. The summed E-state index contributed by atoms with van der Waals surface area (Å²) in [5, 5.41) is 9.29. The molecule has 1 amide bonds. The number of hydrogen-bond donors (Lipinski definition) is 3. The van der Waals surface area contributed by atoms with E-state index in [1.165, 1.54) is 6.92 Å². The third-order valence-corrected chi connectivity index (χ3v) is 3.20. The minimum absolute atomic E-state index is 0.0802. The van der Waals surface area contributed by atoms with Gasteiger partial charge in [0.25, 0.3) is 0 Å². The lowest BCUT2D eigenvalue weighted by Gasteiger charge is -2.11. The molecule has 1 rings (SSSR count). The monoisotopic (exact) mass is 350 g/mol. The fourth-order valence-electron chi connectivity index (χ4n) is 2.09. The Hall–Kier alpha value is -2.12. The molecule has 0 aromatic heterocycles. The van der Waals surface area contributed by atoms with Crippen LogP contribution in [0.3, 0.4) is 0 Å². The van der Waals surface area contributed by atoms with Gasteiger partial charge in [0.15, 0.2) is 5.96 Å². The van der Waals surface area contributed by atoms with Gasteiger partial charge in [-0.2, -0.15) is 0 Å². The zero-order chi connectivity index (χ0) is 18.3. The number of methoxy groups -OCH3 is 1. The van der Waals surface area contributed by atoms with Crippen LogP contribution in [0, 0.1) is 0 Å². The molecule has 0 heterocycles. The third-order valence-electron chi connectivity index (χ3n) is 3.20. The Labute approximate surface area is 150 Å². The minimum atomic E-state index is -0.0802. The third kappa shape index (κ3) is 10.4. The van der Waals surface area contributed by atoms with Crippen LogP contribution in [-0.2, 0) is 20.8 Å². The van der Waals surface area contributed by atoms with Gasteiger partial charge in [0.2, 0.25) is 5.91 Å². The van der Waals surface area contributed by atoms with Gasteiger partial charge < -0.3 is 25.4 Å². The van der Waals surface area contributed by atoms with E-state index < -0.39 is 0 Å². The molecule has 1 aromatic rings. The zero-order valence-corrected chi connectivity index (χ0v) is 15.4. The van der Waals surface area contributed by atoms with Gasteiger partial charge in [-0.3, -0.25) is 4.79 Å². The van der Waals surface area contributed by atoms with Crippen LogP contribution in [0.5, 0.6) is 0 Å². The van der Waals surface area contributed by atoms with E-state index in [1.807, 2.05) is 31.2 Å². The standard InChI is InChI=1S/C18H30N4O3/c1-4-19-18(20-9-6-10-25-12-11-24-3)21-14-16-7-5-8-17(13-16)22-15(2)23/h5,7-8,13H,4,6,9-12,14H2,1-3H3,(H,22,23)(H2,19,20,21). The highest BCUT2D eigenvalue weighted by molar-refractivity contribution is 5.88. The Bertz CT molecular complexity index is 535. The second-order valence-corrected chi connectivity index (χ2v) is 5.46. The first-order valence-corrected chi connectivity index (χ1v) is 8.61. The molecule has 7 heteroatoms. The summed E-state index contributed by atoms with van der Waals surface area (Å²) < 4.78 is 10.4. The molecule has 0 bridgehead atoms. The van der Waals surface area contributed by atoms with Gasteiger partial charge in [0, 0.05) is 39.4 Å². The molecule has 140 valence electrons. The first-order valence-electron chi connectivity index (χ1n) is 8.61. The smallest absolute Gasteiger partial charge is 0.221 e. The number of amides is 1. The van der Waals surface area contributed by atoms with E-state index in [2.05, 4.69) is 20.9 Å². The molecule has 0 unspecified atom stereocenters. The highest BCUT2D eigenvalue weighted by Gasteiger charge is 2.00. The van der Waals surface area contributed by atoms with Gasteiger partial charge >= 0.3 is 0 Å². The molecule has 0 spiro atoms. The van der Waals surface area contributed by atoms with Gasteiger partial charge in [0.1, 0.15) is 0 Å². The van der Waals surface area contributed by atoms with E-state index in [9.17, 15) is 4.79 Å². The van der Waals surface area contributed by atoms with Crippen LogP contribution in [0.15, 0.2) is 29.3 Å². The van der Waals surface area contributed by atoms with Crippen LogP contribution in [0.25, 0.3) is 0 Å². The summed E-state index contributed by atoms with van der Waals surface area (Å²) in [6, 6.07) is 7.69. The number of ether oxygens (including phenoxy) is 2. The Morgan fingerprint density at radius 1 is 1.20 bits per heavy atom. The van der Waals surface area contributed by atoms with Crippen molar-refractivity contribution in [1.29, 1.82) is 0 Å². The van der Waals surface area contributed by atoms with Crippen LogP contribution in [0.4, 0.5) is 5.69 Å². The lowest BCUT2D eigenvalue weighted by molar-refractivity contribution is -0.114. The molecule has 3 N–H and O–H groups in total. The summed E-state index contributed by atoms with van der Waals surface area (Å²) in [5.74, 6) is 0.688. The molecule has 0 saturated heterocycles. The maximum absolute atomic E-state index is 11.1. The number of carbonyl (C=O) groups is 1. The molecular weight excluding hydrogens is 320 g/mol. The summed E-state index contributed by atoms with van der Waals surface area (Å²) >= 11 is 0. The molecule has 0 fully saturated rings. The van der Waals surface area contributed by atoms with Gasteiger partial charge in [-0.1, -0.05) is 12.1 Å². The predicted octanol–water partition coefficient (Wildman–Crippen LogP) is 1.75. The van der Waals surface area contributed by atoms with Crippen LogP contribution in [-0.4, -0.2) is 51.9 Å². The summed E-state index contributed by atoms with van der Waals surface area (Å²) in [4.78, 5) is 15.7. The van der Waals surface area contributed by atoms with E-state index in [-0.39, 0.29) is 5.91 Å². The molecule has 7 nitrogen and oxygen atoms in total. The number of rotatable bonds is 11. The highest BCUT2D eigenvalue weighted by atomic mass is 16.5. The van der Waals surface area contributed by atoms with Gasteiger partial charge in [-0.15, -0.1) is 0 Å². The van der Waals surface area contributed by atoms with Gasteiger partial charge in [0.05, 0.1) is 19.8 Å². The summed E-state index contributed by atoms with van der Waals surface area (Å²) in [7, 11) is 1.66. The van der Waals surface area contributed by atoms with E-state index >= 15 is 0 Å². The first kappa shape index (κ1) is 20.9. The van der Waals surface area contributed by atoms with Gasteiger partial charge in [-0.25, -0.2) is 4.99 Å². The summed E-state index contributed by atoms with van der Waals surface area (Å²) in [6.07, 6.45) is 0.895. The Balaban J connectivity index is 2.42. The number of nitrogens with zero attached hydrogens (tertiary/aromatic N) is 1. The number of aliphatic imine (C=N–C) groups is 1. The van der Waals surface area contributed by atoms with Crippen LogP contribution in [0.1, 0.15) is 25.8 Å². The molecule has 25 heavy (non-hydrogen) atoms. The van der Waals surface area contributed by atoms with Crippen molar-refractivity contribution < 1.29 is 14.3 Å². The van der Waals surface area contributed by atoms with Crippen LogP contribution < -0.4 is 16.0 Å². The summed E-state index contributed by atoms with van der Waals surface area (Å²) in [6.45, 7) is 7.57. The molecule has 0 radical (unpaired) electrons. The van der Waals surface area contributed by atoms with Crippen molar-refractivity contribution in [3.05, 3.63) is 29.8 Å². The zero-order valence-electron chi connectivity index (χ0n) is 15.4. The second kappa shape index (κ2) is 13.2. The minimum Gasteiger partial charge on any atom is -0.382 e. The number of anilines is 1. The van der Waals surface area contributed by atoms with Crippen molar-refractivity contribution in [3.8, 4) is 0 Å². The maximum Gasteiger partial charge on any atom is 0.221 e. The Morgan fingerprint density at radius 2 is 2.04 bits per heavy atom. The van der Waals surface area contributed by atoms with Crippen molar-refractivity contribution in [2.45, 2.75) is 26.8 Å². The fraction of sp³-hybridized carbons (Fsp3) is 0.556. The van der Waals surface area contributed by atoms with Crippen LogP contribution >= 0.6 is 0 Å². The number of hydrogen-bond acceptors (Lipinski definition) is 4. The van der Waals surface area contributed by atoms with Crippen LogP contribution in [0.2, 0.25) is 0 Å². The fourth-order valence-corrected chi connectivity index (χ4v) is 2.09. The first-order chi connectivity index (χ1) is 12.2. The topological polar surface area (TPSA) is 84.0 Å². The summed E-state index contributed by atoms with van der Waals surface area (Å²) in [5.41, 5.74) is 1.82. The number of nitrogens with one attached hydrogen (secondary N) is 3. The molecular formula is C18H30N4O3. The van der Waals surface area contributed by atoms with Crippen molar-refractivity contribution in [2.24, 2.45) is 4.99 Å². The van der Waals surface area contributed by atoms with Crippen molar-refractivity contribution >= 4 is 17.6 Å². The maximum atomic E-state index is 11.1. The van der Waals surface area contributed by atoms with Crippen molar-refractivity contribution in [2.75, 3.05) is 45.3 Å². The molecule has 1 aromatic carbocycles. The molecule has 0 atom stereocenters. The van der Waals surface area contributed by atoms with E-state index in [4.69, 9.17) is 9.47 Å². The number of carbonyl (C=O) groups excluding carboxylic acids is 1. The normalized spacial score (nSPS) is 11.2. The average Bonchev–Trinajstić information content (AvgIpc) is 2.58. The number of guanidine groups is 1. The van der Waals surface area contributed by atoms with E-state index in [0.717, 1.165) is 36.7 Å². The SMILES string of the molecule is CCNC(=NCc1cccc(NC(C)=O)c1)NCCCOCCOC. The molecule has 0 aliphatic heterocycles. The van der Waals surface area contributed by atoms with E-state index in [0.29, 0.717) is 26.4 Å². The Morgan fingerprint density at radius 3 is 2.76 bits per heavy atom. The Kier molecular flexibility index (Phi) is 11.0. The van der Waals surface area contributed by atoms with Crippen molar-refractivity contribution in [1.82, 2.24) is 10.6 Å². The lowest BCUT2D eigenvalue weighted by atomic mass is 10.2. The average molecular weight is 350 g/mol. The van der Waals surface area contributed by atoms with Crippen molar-refractivity contribution in [3.63, 3.8) is 0 Å². The largest absolute Gasteiger partial charge is 0.382 e. The number of benzene rings is 1. The molecule has 0 aliphatic carbocycles. The highest BCUT2D eigenvalue weighted by Crippen LogP contribution is 2.11.